The number of amides is 1. The van der Waals surface area contributed by atoms with Crippen LogP contribution in [0.4, 0.5) is 5.69 Å². The van der Waals surface area contributed by atoms with Crippen LogP contribution in [0.2, 0.25) is 0 Å². The SMILES string of the molecule is Cc1cc(O)c(/C(O)=C2\C(=O)C(=O)N(CCCN(C)C)C2c2cccc([N+](=O)[O-])c2)cc1C. The number of rotatable bonds is 7. The van der Waals surface area contributed by atoms with Gasteiger partial charge in [-0.3, -0.25) is 19.7 Å². The number of aliphatic hydroxyl groups is 1. The highest BCUT2D eigenvalue weighted by Crippen LogP contribution is 2.41. The van der Waals surface area contributed by atoms with Gasteiger partial charge in [-0.25, -0.2) is 0 Å². The van der Waals surface area contributed by atoms with E-state index in [0.717, 1.165) is 11.1 Å². The van der Waals surface area contributed by atoms with E-state index in [1.54, 1.807) is 26.0 Å². The number of benzene rings is 2. The van der Waals surface area contributed by atoms with Crippen molar-refractivity contribution < 1.29 is 24.7 Å². The Balaban J connectivity index is 2.20. The number of hydrogen-bond donors (Lipinski definition) is 2. The summed E-state index contributed by atoms with van der Waals surface area (Å²) in [5, 5.41) is 32.9. The second kappa shape index (κ2) is 9.41. The van der Waals surface area contributed by atoms with E-state index in [0.29, 0.717) is 18.5 Å². The van der Waals surface area contributed by atoms with E-state index in [9.17, 15) is 29.9 Å². The van der Waals surface area contributed by atoms with Crippen LogP contribution in [-0.4, -0.2) is 63.8 Å². The number of nitrogens with zero attached hydrogens (tertiary/aromatic N) is 3. The summed E-state index contributed by atoms with van der Waals surface area (Å²) in [6, 6.07) is 7.66. The lowest BCUT2D eigenvalue weighted by Crippen LogP contribution is -2.32. The molecule has 174 valence electrons. The first kappa shape index (κ1) is 23.9. The summed E-state index contributed by atoms with van der Waals surface area (Å²) in [4.78, 5) is 40.1. The van der Waals surface area contributed by atoms with Crippen molar-refractivity contribution in [1.82, 2.24) is 9.80 Å². The second-order valence-electron chi connectivity index (χ2n) is 8.46. The van der Waals surface area contributed by atoms with Crippen molar-refractivity contribution in [1.29, 1.82) is 0 Å². The molecule has 0 radical (unpaired) electrons. The highest BCUT2D eigenvalue weighted by Gasteiger charge is 2.46. The van der Waals surface area contributed by atoms with Gasteiger partial charge in [0.25, 0.3) is 17.4 Å². The first-order valence-electron chi connectivity index (χ1n) is 10.5. The third-order valence-electron chi connectivity index (χ3n) is 5.81. The number of non-ortho nitro benzene ring substituents is 1. The minimum atomic E-state index is -1.02. The fraction of sp³-hybridized carbons (Fsp3) is 0.333. The quantitative estimate of drug-likeness (QED) is 0.217. The highest BCUT2D eigenvalue weighted by atomic mass is 16.6. The van der Waals surface area contributed by atoms with Gasteiger partial charge in [-0.05, 0) is 69.7 Å². The average Bonchev–Trinajstić information content (AvgIpc) is 3.00. The predicted molar refractivity (Wildman–Crippen MR) is 123 cm³/mol. The smallest absolute Gasteiger partial charge is 0.295 e. The van der Waals surface area contributed by atoms with Gasteiger partial charge in [0.15, 0.2) is 0 Å². The number of carbonyl (C=O) groups excluding carboxylic acids is 2. The summed E-state index contributed by atoms with van der Waals surface area (Å²) in [5.41, 5.74) is 1.53. The van der Waals surface area contributed by atoms with Crippen molar-refractivity contribution in [2.24, 2.45) is 0 Å². The average molecular weight is 453 g/mol. The molecule has 9 nitrogen and oxygen atoms in total. The number of phenolic OH excluding ortho intramolecular Hbond substituents is 1. The van der Waals surface area contributed by atoms with Crippen LogP contribution in [0.25, 0.3) is 5.76 Å². The third-order valence-corrected chi connectivity index (χ3v) is 5.81. The van der Waals surface area contributed by atoms with Gasteiger partial charge in [-0.2, -0.15) is 0 Å². The minimum Gasteiger partial charge on any atom is -0.507 e. The molecular weight excluding hydrogens is 426 g/mol. The maximum Gasteiger partial charge on any atom is 0.295 e. The number of phenols is 1. The van der Waals surface area contributed by atoms with Crippen LogP contribution in [-0.2, 0) is 9.59 Å². The first-order valence-corrected chi connectivity index (χ1v) is 10.5. The molecule has 3 rings (SSSR count). The number of aromatic hydroxyl groups is 1. The standard InChI is InChI=1S/C24H27N3O6/c1-14-11-18(19(28)12-15(14)2)22(29)20-21(16-7-5-8-17(13-16)27(32)33)26(24(31)23(20)30)10-6-9-25(3)4/h5,7-8,11-13,21,28-29H,6,9-10H2,1-4H3/b22-20+. The molecule has 9 heteroatoms. The zero-order valence-electron chi connectivity index (χ0n) is 19.0. The van der Waals surface area contributed by atoms with Gasteiger partial charge in [0.1, 0.15) is 11.5 Å². The number of likely N-dealkylation sites (tertiary alicyclic amines) is 1. The van der Waals surface area contributed by atoms with Gasteiger partial charge in [-0.15, -0.1) is 0 Å². The van der Waals surface area contributed by atoms with Crippen molar-refractivity contribution in [2.45, 2.75) is 26.3 Å². The molecule has 0 spiro atoms. The molecule has 0 saturated carbocycles. The monoisotopic (exact) mass is 453 g/mol. The number of aliphatic hydroxyl groups excluding tert-OH is 1. The normalized spacial score (nSPS) is 17.7. The number of carbonyl (C=O) groups is 2. The molecule has 1 amide bonds. The maximum atomic E-state index is 13.1. The van der Waals surface area contributed by atoms with Crippen LogP contribution >= 0.6 is 0 Å². The molecule has 1 aliphatic heterocycles. The number of nitro groups is 1. The van der Waals surface area contributed by atoms with Gasteiger partial charge in [0.05, 0.1) is 22.1 Å². The topological polar surface area (TPSA) is 124 Å². The molecule has 1 unspecified atom stereocenters. The number of hydrogen-bond acceptors (Lipinski definition) is 7. The Labute approximate surface area is 191 Å². The van der Waals surface area contributed by atoms with Crippen LogP contribution in [0.5, 0.6) is 5.75 Å². The Kier molecular flexibility index (Phi) is 6.83. The lowest BCUT2D eigenvalue weighted by molar-refractivity contribution is -0.384. The van der Waals surface area contributed by atoms with Gasteiger partial charge >= 0.3 is 0 Å². The van der Waals surface area contributed by atoms with Crippen molar-refractivity contribution in [3.63, 3.8) is 0 Å². The summed E-state index contributed by atoms with van der Waals surface area (Å²) in [5.74, 6) is -2.44. The van der Waals surface area contributed by atoms with Crippen LogP contribution in [0, 0.1) is 24.0 Å². The van der Waals surface area contributed by atoms with E-state index < -0.39 is 28.4 Å². The van der Waals surface area contributed by atoms with Gasteiger partial charge in [0, 0.05) is 18.7 Å². The van der Waals surface area contributed by atoms with E-state index in [4.69, 9.17) is 0 Å². The molecule has 1 saturated heterocycles. The van der Waals surface area contributed by atoms with Crippen molar-refractivity contribution in [3.05, 3.63) is 74.3 Å². The summed E-state index contributed by atoms with van der Waals surface area (Å²) in [6.45, 7) is 4.46. The maximum absolute atomic E-state index is 13.1. The molecule has 0 aliphatic carbocycles. The third kappa shape index (κ3) is 4.73. The molecule has 1 heterocycles. The Bertz CT molecular complexity index is 1150. The Morgan fingerprint density at radius 1 is 1.15 bits per heavy atom. The Morgan fingerprint density at radius 3 is 2.45 bits per heavy atom. The van der Waals surface area contributed by atoms with Crippen molar-refractivity contribution in [3.8, 4) is 5.75 Å². The molecule has 33 heavy (non-hydrogen) atoms. The van der Waals surface area contributed by atoms with E-state index in [2.05, 4.69) is 0 Å². The number of ketones is 1. The summed E-state index contributed by atoms with van der Waals surface area (Å²) >= 11 is 0. The zero-order chi connectivity index (χ0) is 24.4. The molecule has 1 aliphatic rings. The lowest BCUT2D eigenvalue weighted by atomic mass is 9.93. The molecule has 0 bridgehead atoms. The fourth-order valence-electron chi connectivity index (χ4n) is 3.96. The van der Waals surface area contributed by atoms with E-state index in [-0.39, 0.29) is 29.1 Å². The van der Waals surface area contributed by atoms with Crippen molar-refractivity contribution in [2.75, 3.05) is 27.2 Å². The number of Topliss-reactive ketones (excluding diaryl/α,β-unsaturated/α-hetero) is 1. The van der Waals surface area contributed by atoms with Crippen LogP contribution in [0.1, 0.15) is 34.7 Å². The molecule has 0 aromatic heterocycles. The Hall–Kier alpha value is -3.72. The molecule has 2 aromatic carbocycles. The van der Waals surface area contributed by atoms with Crippen LogP contribution < -0.4 is 0 Å². The zero-order valence-corrected chi connectivity index (χ0v) is 19.0. The Morgan fingerprint density at radius 2 is 1.82 bits per heavy atom. The van der Waals surface area contributed by atoms with Gasteiger partial charge in [-0.1, -0.05) is 12.1 Å². The fourth-order valence-corrected chi connectivity index (χ4v) is 3.96. The molecule has 2 aromatic rings. The second-order valence-corrected chi connectivity index (χ2v) is 8.46. The largest absolute Gasteiger partial charge is 0.507 e. The summed E-state index contributed by atoms with van der Waals surface area (Å²) in [7, 11) is 3.77. The lowest BCUT2D eigenvalue weighted by Gasteiger charge is -2.26. The van der Waals surface area contributed by atoms with E-state index in [1.165, 1.54) is 29.2 Å². The van der Waals surface area contributed by atoms with Crippen LogP contribution in [0.3, 0.4) is 0 Å². The van der Waals surface area contributed by atoms with E-state index >= 15 is 0 Å². The summed E-state index contributed by atoms with van der Waals surface area (Å²) < 4.78 is 0. The number of nitro benzene ring substituents is 1. The van der Waals surface area contributed by atoms with Crippen molar-refractivity contribution >= 4 is 23.1 Å². The first-order chi connectivity index (χ1) is 15.5. The molecule has 1 fully saturated rings. The van der Waals surface area contributed by atoms with Crippen LogP contribution in [0.15, 0.2) is 42.0 Å². The summed E-state index contributed by atoms with van der Waals surface area (Å²) in [6.07, 6.45) is 0.556. The minimum absolute atomic E-state index is 0.0276. The van der Waals surface area contributed by atoms with E-state index in [1.807, 2.05) is 19.0 Å². The predicted octanol–water partition coefficient (Wildman–Crippen LogP) is 3.29. The molecular formula is C24H27N3O6. The number of aryl methyl sites for hydroxylation is 2. The molecule has 1 atom stereocenters. The van der Waals surface area contributed by atoms with Gasteiger partial charge in [0.2, 0.25) is 0 Å². The molecule has 2 N–H and O–H groups in total. The highest BCUT2D eigenvalue weighted by molar-refractivity contribution is 6.46. The van der Waals surface area contributed by atoms with Gasteiger partial charge < -0.3 is 20.0 Å².